The number of hydrogen-bond donors (Lipinski definition) is 1. The van der Waals surface area contributed by atoms with Gasteiger partial charge in [-0.3, -0.25) is 0 Å². The van der Waals surface area contributed by atoms with Crippen LogP contribution in [0.4, 0.5) is 0 Å². The SMILES string of the molecule is CCCC(N)c1nc(C2(OC)CCOCC2)no1. The Morgan fingerprint density at radius 2 is 2.17 bits per heavy atom. The molecule has 0 aromatic carbocycles. The Labute approximate surface area is 107 Å². The molecule has 0 amide bonds. The van der Waals surface area contributed by atoms with Crippen molar-refractivity contribution in [3.8, 4) is 0 Å². The normalized spacial score (nSPS) is 20.8. The summed E-state index contributed by atoms with van der Waals surface area (Å²) < 4.78 is 16.2. The maximum atomic E-state index is 5.97. The van der Waals surface area contributed by atoms with Gasteiger partial charge in [-0.05, 0) is 6.42 Å². The number of hydrogen-bond acceptors (Lipinski definition) is 6. The Morgan fingerprint density at radius 3 is 2.78 bits per heavy atom. The lowest BCUT2D eigenvalue weighted by Crippen LogP contribution is -2.36. The van der Waals surface area contributed by atoms with Crippen LogP contribution in [0.5, 0.6) is 0 Å². The topological polar surface area (TPSA) is 83.4 Å². The summed E-state index contributed by atoms with van der Waals surface area (Å²) >= 11 is 0. The van der Waals surface area contributed by atoms with Crippen molar-refractivity contribution in [3.05, 3.63) is 11.7 Å². The lowest BCUT2D eigenvalue weighted by Gasteiger charge is -2.32. The maximum Gasteiger partial charge on any atom is 0.243 e. The second-order valence-corrected chi connectivity index (χ2v) is 4.66. The van der Waals surface area contributed by atoms with Crippen LogP contribution >= 0.6 is 0 Å². The lowest BCUT2D eigenvalue weighted by atomic mass is 9.93. The second kappa shape index (κ2) is 5.77. The van der Waals surface area contributed by atoms with Crippen molar-refractivity contribution < 1.29 is 14.0 Å². The van der Waals surface area contributed by atoms with E-state index in [1.807, 2.05) is 0 Å². The molecule has 1 unspecified atom stereocenters. The highest BCUT2D eigenvalue weighted by Crippen LogP contribution is 2.34. The first-order chi connectivity index (χ1) is 8.72. The summed E-state index contributed by atoms with van der Waals surface area (Å²) in [6.07, 6.45) is 3.31. The van der Waals surface area contributed by atoms with E-state index in [1.165, 1.54) is 0 Å². The van der Waals surface area contributed by atoms with Crippen LogP contribution in [0.25, 0.3) is 0 Å². The molecule has 0 radical (unpaired) electrons. The highest BCUT2D eigenvalue weighted by Gasteiger charge is 2.39. The lowest BCUT2D eigenvalue weighted by molar-refractivity contribution is -0.101. The molecule has 2 heterocycles. The Morgan fingerprint density at radius 1 is 1.44 bits per heavy atom. The minimum atomic E-state index is -0.480. The third kappa shape index (κ3) is 2.55. The third-order valence-electron chi connectivity index (χ3n) is 3.46. The van der Waals surface area contributed by atoms with E-state index in [4.69, 9.17) is 19.7 Å². The van der Waals surface area contributed by atoms with E-state index in [-0.39, 0.29) is 6.04 Å². The zero-order chi connectivity index (χ0) is 13.0. The van der Waals surface area contributed by atoms with Crippen LogP contribution in [0, 0.1) is 0 Å². The minimum Gasteiger partial charge on any atom is -0.381 e. The highest BCUT2D eigenvalue weighted by atomic mass is 16.5. The molecule has 2 N–H and O–H groups in total. The molecule has 1 saturated heterocycles. The van der Waals surface area contributed by atoms with Gasteiger partial charge in [-0.25, -0.2) is 0 Å². The van der Waals surface area contributed by atoms with E-state index in [0.717, 1.165) is 25.7 Å². The summed E-state index contributed by atoms with van der Waals surface area (Å²) in [6, 6.07) is -0.190. The predicted molar refractivity (Wildman–Crippen MR) is 64.9 cm³/mol. The summed E-state index contributed by atoms with van der Waals surface area (Å²) in [5.74, 6) is 1.09. The largest absolute Gasteiger partial charge is 0.381 e. The fraction of sp³-hybridized carbons (Fsp3) is 0.833. The number of aromatic nitrogens is 2. The molecule has 1 fully saturated rings. The van der Waals surface area contributed by atoms with Crippen molar-refractivity contribution in [1.82, 2.24) is 10.1 Å². The fourth-order valence-corrected chi connectivity index (χ4v) is 2.23. The molecule has 102 valence electrons. The summed E-state index contributed by atoms with van der Waals surface area (Å²) in [6.45, 7) is 3.38. The van der Waals surface area contributed by atoms with Crippen LogP contribution in [0.3, 0.4) is 0 Å². The van der Waals surface area contributed by atoms with Gasteiger partial charge in [-0.15, -0.1) is 0 Å². The van der Waals surface area contributed by atoms with E-state index in [2.05, 4.69) is 17.1 Å². The van der Waals surface area contributed by atoms with Crippen LogP contribution in [-0.2, 0) is 15.1 Å². The standard InChI is InChI=1S/C12H21N3O3/c1-3-4-9(13)10-14-11(15-18-10)12(16-2)5-7-17-8-6-12/h9H,3-8,13H2,1-2H3. The van der Waals surface area contributed by atoms with Gasteiger partial charge in [0.25, 0.3) is 0 Å². The van der Waals surface area contributed by atoms with E-state index >= 15 is 0 Å². The average molecular weight is 255 g/mol. The molecule has 6 heteroatoms. The molecule has 0 bridgehead atoms. The molecule has 1 aliphatic rings. The van der Waals surface area contributed by atoms with Crippen molar-refractivity contribution in [2.24, 2.45) is 5.73 Å². The van der Waals surface area contributed by atoms with E-state index in [0.29, 0.717) is 24.9 Å². The molecule has 18 heavy (non-hydrogen) atoms. The van der Waals surface area contributed by atoms with Crippen molar-refractivity contribution in [1.29, 1.82) is 0 Å². The second-order valence-electron chi connectivity index (χ2n) is 4.66. The molecule has 1 atom stereocenters. The molecule has 6 nitrogen and oxygen atoms in total. The summed E-state index contributed by atoms with van der Waals surface area (Å²) in [5.41, 5.74) is 5.49. The third-order valence-corrected chi connectivity index (χ3v) is 3.46. The van der Waals surface area contributed by atoms with Crippen LogP contribution in [0.15, 0.2) is 4.52 Å². The number of methoxy groups -OCH3 is 1. The number of nitrogens with two attached hydrogens (primary N) is 1. The summed E-state index contributed by atoms with van der Waals surface area (Å²) in [4.78, 5) is 4.41. The molecule has 0 aliphatic carbocycles. The monoisotopic (exact) mass is 255 g/mol. The number of rotatable bonds is 5. The number of nitrogens with zero attached hydrogens (tertiary/aromatic N) is 2. The Balaban J connectivity index is 2.16. The summed E-state index contributed by atoms with van der Waals surface area (Å²) in [7, 11) is 1.67. The van der Waals surface area contributed by atoms with Crippen LogP contribution in [-0.4, -0.2) is 30.5 Å². The minimum absolute atomic E-state index is 0.190. The van der Waals surface area contributed by atoms with Gasteiger partial charge in [0.1, 0.15) is 5.60 Å². The molecular formula is C12H21N3O3. The average Bonchev–Trinajstić information content (AvgIpc) is 2.90. The van der Waals surface area contributed by atoms with Gasteiger partial charge in [0, 0.05) is 33.2 Å². The Kier molecular flexibility index (Phi) is 4.31. The quantitative estimate of drug-likeness (QED) is 0.858. The smallest absolute Gasteiger partial charge is 0.243 e. The maximum absolute atomic E-state index is 5.97. The first-order valence-corrected chi connectivity index (χ1v) is 6.44. The molecule has 1 aromatic rings. The van der Waals surface area contributed by atoms with Gasteiger partial charge in [0.15, 0.2) is 0 Å². The van der Waals surface area contributed by atoms with Crippen molar-refractivity contribution in [2.75, 3.05) is 20.3 Å². The van der Waals surface area contributed by atoms with Gasteiger partial charge in [-0.1, -0.05) is 18.5 Å². The molecule has 1 aromatic heterocycles. The molecule has 0 spiro atoms. The first-order valence-electron chi connectivity index (χ1n) is 6.44. The van der Waals surface area contributed by atoms with Gasteiger partial charge >= 0.3 is 0 Å². The molecular weight excluding hydrogens is 234 g/mol. The van der Waals surface area contributed by atoms with Crippen LogP contribution < -0.4 is 5.73 Å². The zero-order valence-corrected chi connectivity index (χ0v) is 11.0. The highest BCUT2D eigenvalue weighted by molar-refractivity contribution is 5.04. The predicted octanol–water partition coefficient (Wildman–Crippen LogP) is 1.52. The molecule has 2 rings (SSSR count). The van der Waals surface area contributed by atoms with E-state index in [1.54, 1.807) is 7.11 Å². The molecule has 0 saturated carbocycles. The van der Waals surface area contributed by atoms with E-state index in [9.17, 15) is 0 Å². The van der Waals surface area contributed by atoms with Crippen LogP contribution in [0.1, 0.15) is 50.4 Å². The summed E-state index contributed by atoms with van der Waals surface area (Å²) in [5, 5.41) is 4.04. The van der Waals surface area contributed by atoms with Crippen molar-refractivity contribution >= 4 is 0 Å². The van der Waals surface area contributed by atoms with Gasteiger partial charge < -0.3 is 19.7 Å². The van der Waals surface area contributed by atoms with Gasteiger partial charge in [0.2, 0.25) is 11.7 Å². The Hall–Kier alpha value is -0.980. The molecule has 1 aliphatic heterocycles. The van der Waals surface area contributed by atoms with Gasteiger partial charge in [0.05, 0.1) is 6.04 Å². The van der Waals surface area contributed by atoms with Gasteiger partial charge in [-0.2, -0.15) is 4.98 Å². The Bertz CT molecular complexity index is 374. The van der Waals surface area contributed by atoms with Crippen molar-refractivity contribution in [2.45, 2.75) is 44.2 Å². The first kappa shape index (κ1) is 13.5. The fourth-order valence-electron chi connectivity index (χ4n) is 2.23. The zero-order valence-electron chi connectivity index (χ0n) is 11.0. The van der Waals surface area contributed by atoms with E-state index < -0.39 is 5.60 Å². The van der Waals surface area contributed by atoms with Crippen molar-refractivity contribution in [3.63, 3.8) is 0 Å². The van der Waals surface area contributed by atoms with Crippen LogP contribution in [0.2, 0.25) is 0 Å². The number of ether oxygens (including phenoxy) is 2.